The van der Waals surface area contributed by atoms with Crippen LogP contribution in [0, 0.1) is 55.2 Å². The molecule has 678 valence electrons. The number of para-hydroxylation sites is 10. The van der Waals surface area contributed by atoms with Crippen molar-refractivity contribution in [2.75, 3.05) is 0 Å². The van der Waals surface area contributed by atoms with Crippen LogP contribution < -0.4 is 14.2 Å². The molecule has 0 spiro atoms. The summed E-state index contributed by atoms with van der Waals surface area (Å²) in [6.07, 6.45) is 0. The third-order valence-corrected chi connectivity index (χ3v) is 31.4. The highest BCUT2D eigenvalue weighted by Gasteiger charge is 2.40. The molecule has 0 saturated carbocycles. The van der Waals surface area contributed by atoms with Crippen LogP contribution in [0.4, 0.5) is 0 Å². The fourth-order valence-corrected chi connectivity index (χ4v) is 24.8. The van der Waals surface area contributed by atoms with Gasteiger partial charge in [-0.3, -0.25) is 4.57 Å². The molecule has 0 amide bonds. The van der Waals surface area contributed by atoms with Crippen molar-refractivity contribution in [3.63, 3.8) is 0 Å². The van der Waals surface area contributed by atoms with Gasteiger partial charge in [0.05, 0.1) is 16.4 Å². The number of furan rings is 2. The van der Waals surface area contributed by atoms with Crippen molar-refractivity contribution in [2.24, 2.45) is 0 Å². The fourth-order valence-electron chi connectivity index (χ4n) is 22.3. The molecule has 0 N–H and O–H groups in total. The second-order valence-electron chi connectivity index (χ2n) is 37.6. The van der Waals surface area contributed by atoms with Crippen molar-refractivity contribution in [1.29, 1.82) is 0 Å². The molecule has 24 aromatic rings. The predicted octanol–water partition coefficient (Wildman–Crippen LogP) is 37.8. The minimum absolute atomic E-state index is 0.169. The van der Waals surface area contributed by atoms with Gasteiger partial charge >= 0.3 is 0 Å². The summed E-state index contributed by atoms with van der Waals surface area (Å²) in [5.41, 5.74) is 19.4. The molecule has 0 fully saturated rings. The fraction of sp³-hybridized carbons (Fsp3) is 0.130. The third kappa shape index (κ3) is 13.2. The standard InChI is InChI=1S/C45H36O2S.C43H33NO2.C43H33NOS/c1-25-21-23-29(27(3)39(25)32-14-12-18-36-42(32)46-38-20-10-8-17-35(38)45(36,5)6)30-24-22-26(2)40(28(30)4)33-15-11-16-34-41-31-13-7-9-19-37(31)47-44(41)48-43(33)34;1-26-23-24-30(27(2)39(26)33-17-12-19-35-41(33)45-38-22-10-7-18-34(38)43(35,3)4)28-13-11-14-29(25-28)44-36-20-8-5-15-31(36)40-32-16-6-9-21-37(32)46-42(40)44;1-26-23-24-30(27(2)39(26)33-17-12-19-35-41(33)45-37-21-9-7-18-34(37)43(35,3)4)28-13-11-14-29(25-28)44-36-20-8-5-15-31(36)40-32-16-6-10-22-38(32)46-42(40)44/h7-24H,1-6H3;2*5-25H,1-4H3/i3D3,5D3;2*2D3,3D3. The van der Waals surface area contributed by atoms with Crippen molar-refractivity contribution >= 4 is 118 Å². The van der Waals surface area contributed by atoms with Gasteiger partial charge in [0.25, 0.3) is 0 Å². The zero-order valence-corrected chi connectivity index (χ0v) is 79.5. The molecule has 6 aromatic heterocycles. The van der Waals surface area contributed by atoms with E-state index in [-0.39, 0.29) is 16.7 Å². The number of fused-ring (bicyclic) bond motifs is 21. The van der Waals surface area contributed by atoms with E-state index < -0.39 is 57.4 Å². The number of hydrogen-bond acceptors (Lipinski definition) is 7. The maximum atomic E-state index is 9.03. The van der Waals surface area contributed by atoms with E-state index in [0.29, 0.717) is 124 Å². The number of hydrogen-bond donors (Lipinski definition) is 0. The molecule has 0 radical (unpaired) electrons. The molecule has 9 heteroatoms. The first-order valence-electron chi connectivity index (χ1n) is 56.1. The number of aromatic nitrogens is 2. The Morgan fingerprint density at radius 2 is 0.650 bits per heavy atom. The smallest absolute Gasteiger partial charge is 0.213 e. The van der Waals surface area contributed by atoms with Gasteiger partial charge in [0, 0.05) is 160 Å². The van der Waals surface area contributed by atoms with E-state index in [1.54, 1.807) is 116 Å². The Morgan fingerprint density at radius 1 is 0.279 bits per heavy atom. The minimum Gasteiger partial charge on any atom is -0.456 e. The Morgan fingerprint density at radius 3 is 1.16 bits per heavy atom. The average Bonchev–Trinajstić information content (AvgIpc) is 1.57. The zero-order valence-electron chi connectivity index (χ0n) is 95.9. The van der Waals surface area contributed by atoms with Crippen molar-refractivity contribution < 1.29 is 47.7 Å². The van der Waals surface area contributed by atoms with Crippen LogP contribution in [0.3, 0.4) is 0 Å². The van der Waals surface area contributed by atoms with Crippen LogP contribution in [-0.2, 0) is 16.2 Å². The lowest BCUT2D eigenvalue weighted by Crippen LogP contribution is -2.24. The van der Waals surface area contributed by atoms with Gasteiger partial charge in [0.2, 0.25) is 5.71 Å². The van der Waals surface area contributed by atoms with Gasteiger partial charge in [-0.2, -0.15) is 0 Å². The molecular formula is C131H102N2O5S2. The van der Waals surface area contributed by atoms with E-state index in [1.165, 1.54) is 20.9 Å². The second-order valence-corrected chi connectivity index (χ2v) is 39.6. The summed E-state index contributed by atoms with van der Waals surface area (Å²) >= 11 is 3.38. The van der Waals surface area contributed by atoms with E-state index in [2.05, 4.69) is 126 Å². The lowest BCUT2D eigenvalue weighted by Gasteiger charge is -2.35. The Hall–Kier alpha value is -15.8. The Balaban J connectivity index is 0.000000121. The van der Waals surface area contributed by atoms with Gasteiger partial charge in [-0.15, -0.1) is 11.3 Å². The van der Waals surface area contributed by atoms with Crippen molar-refractivity contribution in [3.8, 4) is 124 Å². The molecule has 3 aliphatic heterocycles. The molecule has 0 bridgehead atoms. The summed E-state index contributed by atoms with van der Waals surface area (Å²) in [6, 6.07) is 117. The lowest BCUT2D eigenvalue weighted by atomic mass is 9.74. The third-order valence-electron chi connectivity index (χ3n) is 29.1. The van der Waals surface area contributed by atoms with Crippen LogP contribution in [0.15, 0.2) is 373 Å². The molecular weight excluding hydrogens is 1750 g/mol. The lowest BCUT2D eigenvalue weighted by molar-refractivity contribution is 0.419. The number of thiophene rings is 2. The minimum atomic E-state index is -2.54. The summed E-state index contributed by atoms with van der Waals surface area (Å²) in [6.45, 7) is 0.172. The predicted molar refractivity (Wildman–Crippen MR) is 588 cm³/mol. The first-order chi connectivity index (χ1) is 75.4. The number of rotatable bonds is 9. The van der Waals surface area contributed by atoms with Crippen molar-refractivity contribution in [3.05, 3.63) is 442 Å². The van der Waals surface area contributed by atoms with E-state index >= 15 is 0 Å². The molecule has 7 nitrogen and oxygen atoms in total. The summed E-state index contributed by atoms with van der Waals surface area (Å²) < 4.78 is 198. The zero-order chi connectivity index (χ0) is 110. The summed E-state index contributed by atoms with van der Waals surface area (Å²) in [4.78, 5) is 2.01. The van der Waals surface area contributed by atoms with Gasteiger partial charge in [-0.05, 0) is 228 Å². The highest BCUT2D eigenvalue weighted by atomic mass is 32.1. The molecule has 140 heavy (non-hydrogen) atoms. The van der Waals surface area contributed by atoms with Crippen LogP contribution in [0.2, 0.25) is 0 Å². The largest absolute Gasteiger partial charge is 0.456 e. The monoisotopic (exact) mass is 1860 g/mol. The number of nitrogens with zero attached hydrogens (tertiary/aromatic N) is 2. The molecule has 9 heterocycles. The van der Waals surface area contributed by atoms with E-state index in [1.807, 2.05) is 209 Å². The maximum Gasteiger partial charge on any atom is 0.213 e. The Labute approximate surface area is 848 Å². The molecule has 18 aromatic carbocycles. The van der Waals surface area contributed by atoms with Crippen LogP contribution in [-0.4, -0.2) is 9.13 Å². The Kier molecular flexibility index (Phi) is 15.9. The highest BCUT2D eigenvalue weighted by molar-refractivity contribution is 7.26. The Bertz CT molecular complexity index is 9740. The molecule has 0 saturated heterocycles. The second kappa shape index (κ2) is 32.7. The molecule has 27 rings (SSSR count). The van der Waals surface area contributed by atoms with Crippen molar-refractivity contribution in [2.45, 2.75) is 113 Å². The summed E-state index contributed by atoms with van der Waals surface area (Å²) in [5, 5.41) is 10.0. The first-order valence-corrected chi connectivity index (χ1v) is 48.7. The van der Waals surface area contributed by atoms with Crippen LogP contribution >= 0.6 is 22.7 Å². The number of benzene rings is 18. The van der Waals surface area contributed by atoms with Crippen molar-refractivity contribution in [1.82, 2.24) is 9.13 Å². The van der Waals surface area contributed by atoms with Gasteiger partial charge in [-0.25, -0.2) is 0 Å². The number of ether oxygens (including phenoxy) is 3. The SMILES string of the molecule is [2H]C([2H])([2H])c1c(-c2ccc(C)c(-c3cccc4c3sc3oc5ccccc5c34)c2C)ccc(C)c1-c1cccc2c1Oc1ccccc1C2(C)C([2H])([2H])[2H].[2H]C([2H])([2H])c1c(-c2cccc(-n3c4ccccc4c4c5ccccc5oc43)c2)ccc(C)c1-c1cccc2c1Oc1ccccc1C2(C)C([2H])([2H])[2H].[2H]C([2H])([2H])c1c(-c2cccc(-n3c4ccccc4c4c5ccccc5sc43)c2)ccc(C)c1-c1cccc2c1Oc1ccccc1C2(C)C([2H])([2H])[2H]. The van der Waals surface area contributed by atoms with Gasteiger partial charge < -0.3 is 27.6 Å². The molecule has 0 aliphatic carbocycles. The van der Waals surface area contributed by atoms with Crippen LogP contribution in [0.1, 0.15) is 144 Å². The quantitative estimate of drug-likeness (QED) is 0.144. The molecule has 3 atom stereocenters. The van der Waals surface area contributed by atoms with E-state index in [9.17, 15) is 0 Å². The topological polar surface area (TPSA) is 63.8 Å². The van der Waals surface area contributed by atoms with Gasteiger partial charge in [0.1, 0.15) is 50.5 Å². The van der Waals surface area contributed by atoms with Gasteiger partial charge in [-0.1, -0.05) is 344 Å². The van der Waals surface area contributed by atoms with Crippen LogP contribution in [0.5, 0.6) is 34.5 Å². The van der Waals surface area contributed by atoms with Crippen LogP contribution in [0.25, 0.3) is 185 Å². The maximum absolute atomic E-state index is 9.03. The van der Waals surface area contributed by atoms with E-state index in [4.69, 9.17) is 47.7 Å². The normalized spacial score (nSPS) is 18.1. The van der Waals surface area contributed by atoms with Gasteiger partial charge in [0.15, 0.2) is 4.90 Å². The summed E-state index contributed by atoms with van der Waals surface area (Å²) in [5.74, 6) is 2.42. The number of aryl methyl sites for hydroxylation is 4. The first kappa shape index (κ1) is 68.3. The highest BCUT2D eigenvalue weighted by Crippen LogP contribution is 2.59. The molecule has 3 aliphatic rings. The van der Waals surface area contributed by atoms with E-state index in [0.717, 1.165) is 136 Å². The molecule has 3 unspecified atom stereocenters. The summed E-state index contributed by atoms with van der Waals surface area (Å²) in [7, 11) is 0. The average molecular weight is 1870 g/mol.